The highest BCUT2D eigenvalue weighted by Crippen LogP contribution is 2.55. The summed E-state index contributed by atoms with van der Waals surface area (Å²) in [6.45, 7) is 9.47. The molecule has 0 fully saturated rings. The van der Waals surface area contributed by atoms with Crippen LogP contribution in [0.3, 0.4) is 0 Å². The number of fused-ring (bicyclic) bond motifs is 7. The predicted molar refractivity (Wildman–Crippen MR) is 248 cm³/mol. The van der Waals surface area contributed by atoms with Crippen LogP contribution in [0.2, 0.25) is 0 Å². The first-order valence-electron chi connectivity index (χ1n) is 20.3. The van der Waals surface area contributed by atoms with Gasteiger partial charge >= 0.3 is 0 Å². The summed E-state index contributed by atoms with van der Waals surface area (Å²) in [5.41, 5.74) is 11.9. The molecule has 0 N–H and O–H groups in total. The van der Waals surface area contributed by atoms with E-state index in [0.717, 1.165) is 38.1 Å². The Morgan fingerprint density at radius 3 is 1.68 bits per heavy atom. The molecule has 1 aliphatic carbocycles. The van der Waals surface area contributed by atoms with Gasteiger partial charge < -0.3 is 13.9 Å². The van der Waals surface area contributed by atoms with Gasteiger partial charge in [-0.15, -0.1) is 0 Å². The van der Waals surface area contributed by atoms with Gasteiger partial charge in [0.05, 0.1) is 16.7 Å². The van der Waals surface area contributed by atoms with Crippen molar-refractivity contribution >= 4 is 73.8 Å². The van der Waals surface area contributed by atoms with Gasteiger partial charge in [-0.25, -0.2) is 0 Å². The van der Waals surface area contributed by atoms with E-state index in [1.54, 1.807) is 0 Å². The number of furan rings is 1. The minimum Gasteiger partial charge on any atom is -0.455 e. The number of benzene rings is 8. The lowest BCUT2D eigenvalue weighted by Gasteiger charge is -2.45. The Labute approximate surface area is 349 Å². The number of rotatable bonds is 5. The highest BCUT2D eigenvalue weighted by molar-refractivity contribution is 7.99. The van der Waals surface area contributed by atoms with Crippen molar-refractivity contribution in [2.24, 2.45) is 0 Å². The summed E-state index contributed by atoms with van der Waals surface area (Å²) in [7, 11) is -3.39. The molecule has 11 rings (SSSR count). The zero-order valence-corrected chi connectivity index (χ0v) is 35.2. The van der Waals surface area contributed by atoms with E-state index in [9.17, 15) is 0 Å². The molecule has 0 bridgehead atoms. The van der Waals surface area contributed by atoms with Crippen molar-refractivity contribution in [2.45, 2.75) is 48.3 Å². The van der Waals surface area contributed by atoms with E-state index in [2.05, 4.69) is 136 Å². The zero-order chi connectivity index (χ0) is 40.1. The van der Waals surface area contributed by atoms with Gasteiger partial charge in [-0.3, -0.25) is 0 Å². The molecule has 0 saturated carbocycles. The van der Waals surface area contributed by atoms with Crippen molar-refractivity contribution in [1.29, 1.82) is 0 Å². The maximum Gasteiger partial charge on any atom is 0.174 e. The number of hydrogen-bond acceptors (Lipinski definition) is 4. The average molecular weight is 800 g/mol. The Kier molecular flexibility index (Phi) is 8.08. The smallest absolute Gasteiger partial charge is 0.174 e. The lowest BCUT2D eigenvalue weighted by Crippen LogP contribution is -2.36. The molecule has 1 aromatic heterocycles. The van der Waals surface area contributed by atoms with Gasteiger partial charge in [-0.05, 0) is 94.0 Å². The molecule has 8 aromatic carbocycles. The van der Waals surface area contributed by atoms with Crippen LogP contribution in [0.1, 0.15) is 49.9 Å². The monoisotopic (exact) mass is 799 g/mol. The Balaban J connectivity index is 1.09. The maximum absolute atomic E-state index is 16.1. The van der Waals surface area contributed by atoms with Crippen molar-refractivity contribution in [3.63, 3.8) is 0 Å². The van der Waals surface area contributed by atoms with E-state index in [1.807, 2.05) is 90.6 Å². The van der Waals surface area contributed by atoms with Gasteiger partial charge in [-0.1, -0.05) is 161 Å². The second kappa shape index (κ2) is 13.2. The predicted octanol–water partition coefficient (Wildman–Crippen LogP) is 13.8. The first-order chi connectivity index (χ1) is 28.6. The molecule has 5 heteroatoms. The van der Waals surface area contributed by atoms with Gasteiger partial charge in [0.25, 0.3) is 0 Å². The Bertz CT molecular complexity index is 3090. The molecule has 0 atom stereocenters. The number of anilines is 3. The summed E-state index contributed by atoms with van der Waals surface area (Å²) in [5, 5.41) is 4.26. The Morgan fingerprint density at radius 2 is 1.03 bits per heavy atom. The van der Waals surface area contributed by atoms with E-state index < -0.39 is 7.14 Å². The molecule has 2 aliphatic rings. The molecular formula is C54H42NO2PS. The average Bonchev–Trinajstić information content (AvgIpc) is 3.66. The van der Waals surface area contributed by atoms with Crippen LogP contribution in [0.15, 0.2) is 196 Å². The second-order valence-electron chi connectivity index (χ2n) is 16.9. The summed E-state index contributed by atoms with van der Waals surface area (Å²) in [4.78, 5) is 4.95. The van der Waals surface area contributed by atoms with E-state index in [1.165, 1.54) is 49.1 Å². The van der Waals surface area contributed by atoms with E-state index in [4.69, 9.17) is 4.42 Å². The van der Waals surface area contributed by atoms with Crippen LogP contribution >= 0.6 is 18.9 Å². The number of para-hydroxylation sites is 3. The first-order valence-corrected chi connectivity index (χ1v) is 22.8. The van der Waals surface area contributed by atoms with Gasteiger partial charge in [0.2, 0.25) is 0 Å². The molecule has 3 nitrogen and oxygen atoms in total. The number of nitrogens with zero attached hydrogens (tertiary/aromatic N) is 1. The fourth-order valence-corrected chi connectivity index (χ4v) is 13.6. The standard InChI is InChI=1S/C54H42NO2PS/c1-53(2)43-30-28-37(55-46-22-12-15-25-50(46)59-51-26-16-13-23-47(51)55)34-45(43)54(3,4)42-29-27-35(32-44(42)53)36-31-41-40-21-11-14-24-48(40)57-52(41)49(33-36)58(56,38-17-7-5-8-18-38)39-19-9-6-10-20-39/h5-34H,1-4H3. The third kappa shape index (κ3) is 5.40. The van der Waals surface area contributed by atoms with Gasteiger partial charge in [0.1, 0.15) is 11.2 Å². The van der Waals surface area contributed by atoms with Gasteiger partial charge in [0.15, 0.2) is 7.14 Å². The second-order valence-corrected chi connectivity index (χ2v) is 20.7. The van der Waals surface area contributed by atoms with Crippen LogP contribution in [-0.2, 0) is 15.4 Å². The fourth-order valence-electron chi connectivity index (χ4n) is 9.70. The largest absolute Gasteiger partial charge is 0.455 e. The Morgan fingerprint density at radius 1 is 0.492 bits per heavy atom. The minimum absolute atomic E-state index is 0.273. The van der Waals surface area contributed by atoms with Crippen LogP contribution in [0.5, 0.6) is 0 Å². The molecule has 0 amide bonds. The zero-order valence-electron chi connectivity index (χ0n) is 33.4. The molecule has 0 spiro atoms. The lowest BCUT2D eigenvalue weighted by atomic mass is 9.59. The molecule has 0 radical (unpaired) electrons. The van der Waals surface area contributed by atoms with Crippen LogP contribution in [-0.4, -0.2) is 0 Å². The van der Waals surface area contributed by atoms with Crippen LogP contribution in [0, 0.1) is 0 Å². The lowest BCUT2D eigenvalue weighted by molar-refractivity contribution is 0.521. The first kappa shape index (κ1) is 36.1. The molecule has 0 unspecified atom stereocenters. The molecule has 1 aliphatic heterocycles. The van der Waals surface area contributed by atoms with Crippen molar-refractivity contribution in [3.05, 3.63) is 204 Å². The van der Waals surface area contributed by atoms with Crippen LogP contribution < -0.4 is 20.8 Å². The molecule has 9 aromatic rings. The summed E-state index contributed by atoms with van der Waals surface area (Å²) in [6, 6.07) is 63.9. The summed E-state index contributed by atoms with van der Waals surface area (Å²) >= 11 is 1.84. The molecule has 0 saturated heterocycles. The normalized spacial score (nSPS) is 15.0. The molecule has 59 heavy (non-hydrogen) atoms. The molecule has 2 heterocycles. The summed E-state index contributed by atoms with van der Waals surface area (Å²) < 4.78 is 22.7. The van der Waals surface area contributed by atoms with Crippen molar-refractivity contribution in [3.8, 4) is 11.1 Å². The van der Waals surface area contributed by atoms with Gasteiger partial charge in [0, 0.05) is 47.7 Å². The van der Waals surface area contributed by atoms with Crippen LogP contribution in [0.4, 0.5) is 17.1 Å². The van der Waals surface area contributed by atoms with E-state index >= 15 is 4.57 Å². The van der Waals surface area contributed by atoms with E-state index in [-0.39, 0.29) is 10.8 Å². The summed E-state index contributed by atoms with van der Waals surface area (Å²) in [5.74, 6) is 0. The topological polar surface area (TPSA) is 33.5 Å². The van der Waals surface area contributed by atoms with Crippen molar-refractivity contribution < 1.29 is 8.98 Å². The van der Waals surface area contributed by atoms with Crippen molar-refractivity contribution in [1.82, 2.24) is 0 Å². The van der Waals surface area contributed by atoms with Crippen LogP contribution in [0.25, 0.3) is 33.1 Å². The Hall–Kier alpha value is -6.06. The third-order valence-corrected chi connectivity index (χ3v) is 17.0. The quantitative estimate of drug-likeness (QED) is 0.162. The maximum atomic E-state index is 16.1. The molecular weight excluding hydrogens is 758 g/mol. The fraction of sp³-hybridized carbons (Fsp3) is 0.111. The van der Waals surface area contributed by atoms with E-state index in [0.29, 0.717) is 10.9 Å². The minimum atomic E-state index is -3.39. The highest BCUT2D eigenvalue weighted by Gasteiger charge is 2.43. The summed E-state index contributed by atoms with van der Waals surface area (Å²) in [6.07, 6.45) is 0. The SMILES string of the molecule is CC1(C)c2ccc(N3c4ccccc4Sc4ccccc43)cc2C(C)(C)c2ccc(-c3cc(P(=O)(c4ccccc4)c4ccccc4)c4oc5ccccc5c4c3)cc21. The van der Waals surface area contributed by atoms with Gasteiger partial charge in [-0.2, -0.15) is 0 Å². The number of hydrogen-bond donors (Lipinski definition) is 0. The third-order valence-electron chi connectivity index (χ3n) is 12.8. The highest BCUT2D eigenvalue weighted by atomic mass is 32.2. The van der Waals surface area contributed by atoms with Crippen molar-refractivity contribution in [2.75, 3.05) is 4.90 Å². The molecule has 286 valence electrons.